The number of benzene rings is 2. The molecule has 0 amide bonds. The SMILES string of the molecule is CC=C(C)c1cccc2c1oc1ccccc12. The number of hydrogen-bond donors (Lipinski definition) is 0. The predicted octanol–water partition coefficient (Wildman–Crippen LogP) is 5.01. The largest absolute Gasteiger partial charge is 0.455 e. The molecule has 0 aliphatic rings. The van der Waals surface area contributed by atoms with Crippen LogP contribution in [0.1, 0.15) is 19.4 Å². The zero-order chi connectivity index (χ0) is 11.8. The van der Waals surface area contributed by atoms with Crippen molar-refractivity contribution in [3.05, 3.63) is 54.1 Å². The van der Waals surface area contributed by atoms with Gasteiger partial charge in [0.2, 0.25) is 0 Å². The summed E-state index contributed by atoms with van der Waals surface area (Å²) in [6, 6.07) is 14.5. The van der Waals surface area contributed by atoms with Crippen molar-refractivity contribution in [2.24, 2.45) is 0 Å². The van der Waals surface area contributed by atoms with Crippen LogP contribution in [-0.4, -0.2) is 0 Å². The molecule has 0 saturated heterocycles. The van der Waals surface area contributed by atoms with E-state index in [0.29, 0.717) is 0 Å². The Morgan fingerprint density at radius 2 is 1.76 bits per heavy atom. The molecule has 0 radical (unpaired) electrons. The first kappa shape index (κ1) is 10.2. The van der Waals surface area contributed by atoms with Crippen LogP contribution in [0, 0.1) is 0 Å². The Morgan fingerprint density at radius 3 is 2.59 bits per heavy atom. The fourth-order valence-electron chi connectivity index (χ4n) is 2.21. The van der Waals surface area contributed by atoms with Gasteiger partial charge in [0, 0.05) is 16.3 Å². The van der Waals surface area contributed by atoms with E-state index >= 15 is 0 Å². The average Bonchev–Trinajstić information content (AvgIpc) is 2.76. The summed E-state index contributed by atoms with van der Waals surface area (Å²) in [5.74, 6) is 0. The van der Waals surface area contributed by atoms with Gasteiger partial charge in [0.25, 0.3) is 0 Å². The molecule has 1 aromatic heterocycles. The van der Waals surface area contributed by atoms with Gasteiger partial charge in [-0.05, 0) is 25.5 Å². The highest BCUT2D eigenvalue weighted by molar-refractivity contribution is 6.07. The van der Waals surface area contributed by atoms with Gasteiger partial charge in [-0.15, -0.1) is 0 Å². The maximum atomic E-state index is 5.97. The van der Waals surface area contributed by atoms with Gasteiger partial charge in [0.1, 0.15) is 11.2 Å². The lowest BCUT2D eigenvalue weighted by Gasteiger charge is -2.00. The average molecular weight is 222 g/mol. The summed E-state index contributed by atoms with van der Waals surface area (Å²) >= 11 is 0. The van der Waals surface area contributed by atoms with Crippen LogP contribution < -0.4 is 0 Å². The molecule has 1 nitrogen and oxygen atoms in total. The van der Waals surface area contributed by atoms with Crippen molar-refractivity contribution in [2.45, 2.75) is 13.8 Å². The molecule has 0 N–H and O–H groups in total. The van der Waals surface area contributed by atoms with E-state index in [1.807, 2.05) is 18.2 Å². The highest BCUT2D eigenvalue weighted by atomic mass is 16.3. The predicted molar refractivity (Wildman–Crippen MR) is 73.0 cm³/mol. The van der Waals surface area contributed by atoms with Crippen LogP contribution in [0.3, 0.4) is 0 Å². The van der Waals surface area contributed by atoms with E-state index in [9.17, 15) is 0 Å². The molecule has 0 saturated carbocycles. The van der Waals surface area contributed by atoms with Crippen LogP contribution in [0.5, 0.6) is 0 Å². The minimum absolute atomic E-state index is 0.957. The Labute approximate surface area is 100 Å². The van der Waals surface area contributed by atoms with Gasteiger partial charge in [0.05, 0.1) is 0 Å². The molecule has 0 atom stereocenters. The summed E-state index contributed by atoms with van der Waals surface area (Å²) in [6.45, 7) is 4.17. The highest BCUT2D eigenvalue weighted by Gasteiger charge is 2.10. The van der Waals surface area contributed by atoms with Gasteiger partial charge >= 0.3 is 0 Å². The first-order valence-electron chi connectivity index (χ1n) is 5.85. The van der Waals surface area contributed by atoms with Gasteiger partial charge in [-0.1, -0.05) is 42.5 Å². The van der Waals surface area contributed by atoms with Crippen LogP contribution in [0.15, 0.2) is 53.0 Å². The van der Waals surface area contributed by atoms with E-state index in [-0.39, 0.29) is 0 Å². The minimum atomic E-state index is 0.957. The van der Waals surface area contributed by atoms with Gasteiger partial charge in [-0.3, -0.25) is 0 Å². The topological polar surface area (TPSA) is 13.1 Å². The third kappa shape index (κ3) is 1.47. The Kier molecular flexibility index (Phi) is 2.25. The number of fused-ring (bicyclic) bond motifs is 3. The maximum Gasteiger partial charge on any atom is 0.142 e. The molecule has 1 heterocycles. The summed E-state index contributed by atoms with van der Waals surface area (Å²) in [6.07, 6.45) is 2.11. The second kappa shape index (κ2) is 3.77. The van der Waals surface area contributed by atoms with Crippen molar-refractivity contribution in [2.75, 3.05) is 0 Å². The fourth-order valence-corrected chi connectivity index (χ4v) is 2.21. The first-order valence-corrected chi connectivity index (χ1v) is 5.85. The number of allylic oxidation sites excluding steroid dienone is 2. The van der Waals surface area contributed by atoms with E-state index in [1.54, 1.807) is 0 Å². The van der Waals surface area contributed by atoms with Crippen molar-refractivity contribution in [1.29, 1.82) is 0 Å². The Hall–Kier alpha value is -2.02. The van der Waals surface area contributed by atoms with Crippen molar-refractivity contribution in [1.82, 2.24) is 0 Å². The summed E-state index contributed by atoms with van der Waals surface area (Å²) in [4.78, 5) is 0. The molecule has 0 aliphatic heterocycles. The molecule has 2 aromatic carbocycles. The third-order valence-electron chi connectivity index (χ3n) is 3.26. The molecule has 0 aliphatic carbocycles. The van der Waals surface area contributed by atoms with E-state index in [0.717, 1.165) is 11.2 Å². The van der Waals surface area contributed by atoms with Crippen molar-refractivity contribution < 1.29 is 4.42 Å². The molecule has 0 spiro atoms. The minimum Gasteiger partial charge on any atom is -0.455 e. The van der Waals surface area contributed by atoms with E-state index < -0.39 is 0 Å². The number of furan rings is 1. The fraction of sp³-hybridized carbons (Fsp3) is 0.125. The second-order valence-corrected chi connectivity index (χ2v) is 4.25. The van der Waals surface area contributed by atoms with E-state index in [2.05, 4.69) is 44.2 Å². The standard InChI is InChI=1S/C16H14O/c1-3-11(2)12-8-6-9-14-13-7-4-5-10-15(13)17-16(12)14/h3-10H,1-2H3. The lowest BCUT2D eigenvalue weighted by Crippen LogP contribution is -1.79. The summed E-state index contributed by atoms with van der Waals surface area (Å²) in [7, 11) is 0. The third-order valence-corrected chi connectivity index (χ3v) is 3.26. The summed E-state index contributed by atoms with van der Waals surface area (Å²) in [5.41, 5.74) is 4.37. The molecule has 1 heteroatoms. The summed E-state index contributed by atoms with van der Waals surface area (Å²) < 4.78 is 5.97. The molecule has 0 unspecified atom stereocenters. The smallest absolute Gasteiger partial charge is 0.142 e. The zero-order valence-electron chi connectivity index (χ0n) is 10.0. The number of hydrogen-bond acceptors (Lipinski definition) is 1. The zero-order valence-corrected chi connectivity index (χ0v) is 10.0. The van der Waals surface area contributed by atoms with Crippen molar-refractivity contribution in [3.8, 4) is 0 Å². The monoisotopic (exact) mass is 222 g/mol. The normalized spacial score (nSPS) is 12.5. The van der Waals surface area contributed by atoms with Gasteiger partial charge in [-0.2, -0.15) is 0 Å². The molecule has 0 fully saturated rings. The molecular formula is C16H14O. The van der Waals surface area contributed by atoms with Gasteiger partial charge in [-0.25, -0.2) is 0 Å². The molecule has 3 rings (SSSR count). The lowest BCUT2D eigenvalue weighted by atomic mass is 10.0. The van der Waals surface area contributed by atoms with E-state index in [4.69, 9.17) is 4.42 Å². The number of para-hydroxylation sites is 2. The van der Waals surface area contributed by atoms with Crippen LogP contribution in [-0.2, 0) is 0 Å². The van der Waals surface area contributed by atoms with Crippen LogP contribution in [0.25, 0.3) is 27.5 Å². The highest BCUT2D eigenvalue weighted by Crippen LogP contribution is 2.33. The second-order valence-electron chi connectivity index (χ2n) is 4.25. The lowest BCUT2D eigenvalue weighted by molar-refractivity contribution is 0.667. The first-order chi connectivity index (χ1) is 8.31. The Balaban J connectivity index is 2.48. The number of rotatable bonds is 1. The van der Waals surface area contributed by atoms with Crippen molar-refractivity contribution in [3.63, 3.8) is 0 Å². The molecular weight excluding hydrogens is 208 g/mol. The molecule has 17 heavy (non-hydrogen) atoms. The molecule has 3 aromatic rings. The van der Waals surface area contributed by atoms with E-state index in [1.165, 1.54) is 21.9 Å². The van der Waals surface area contributed by atoms with Gasteiger partial charge in [0.15, 0.2) is 0 Å². The van der Waals surface area contributed by atoms with Crippen LogP contribution >= 0.6 is 0 Å². The van der Waals surface area contributed by atoms with Crippen LogP contribution in [0.4, 0.5) is 0 Å². The quantitative estimate of drug-likeness (QED) is 0.564. The molecule has 0 bridgehead atoms. The Bertz CT molecular complexity index is 717. The van der Waals surface area contributed by atoms with Gasteiger partial charge < -0.3 is 4.42 Å². The molecule has 84 valence electrons. The van der Waals surface area contributed by atoms with Crippen molar-refractivity contribution >= 4 is 27.5 Å². The maximum absolute atomic E-state index is 5.97. The van der Waals surface area contributed by atoms with Crippen LogP contribution in [0.2, 0.25) is 0 Å². The summed E-state index contributed by atoms with van der Waals surface area (Å²) in [5, 5.41) is 2.38. The Morgan fingerprint density at radius 1 is 1.00 bits per heavy atom.